The Morgan fingerprint density at radius 2 is 1.80 bits per heavy atom. The SMILES string of the molecule is CC(C)C[C@H](O)S(=O)(=O)O. The Hall–Kier alpha value is -0.130. The van der Waals surface area contributed by atoms with E-state index in [-0.39, 0.29) is 12.3 Å². The van der Waals surface area contributed by atoms with Crippen LogP contribution in [0.15, 0.2) is 0 Å². The van der Waals surface area contributed by atoms with E-state index in [0.717, 1.165) is 0 Å². The number of aliphatic hydroxyl groups excluding tert-OH is 1. The molecule has 10 heavy (non-hydrogen) atoms. The molecule has 0 aromatic rings. The molecule has 0 radical (unpaired) electrons. The molecule has 0 aromatic carbocycles. The van der Waals surface area contributed by atoms with Crippen molar-refractivity contribution in [2.75, 3.05) is 0 Å². The summed E-state index contributed by atoms with van der Waals surface area (Å²) >= 11 is 0. The summed E-state index contributed by atoms with van der Waals surface area (Å²) in [6, 6.07) is 0. The van der Waals surface area contributed by atoms with Gasteiger partial charge in [-0.05, 0) is 12.3 Å². The monoisotopic (exact) mass is 168 g/mol. The molecule has 0 fully saturated rings. The number of hydrogen-bond donors (Lipinski definition) is 2. The van der Waals surface area contributed by atoms with Crippen LogP contribution in [0.4, 0.5) is 0 Å². The maximum atomic E-state index is 10.2. The Balaban J connectivity index is 3.99. The van der Waals surface area contributed by atoms with E-state index >= 15 is 0 Å². The third-order valence-corrected chi connectivity index (χ3v) is 1.90. The fourth-order valence-electron chi connectivity index (χ4n) is 0.525. The smallest absolute Gasteiger partial charge is 0.291 e. The van der Waals surface area contributed by atoms with E-state index in [4.69, 9.17) is 9.66 Å². The van der Waals surface area contributed by atoms with Gasteiger partial charge in [-0.3, -0.25) is 4.55 Å². The van der Waals surface area contributed by atoms with Crippen LogP contribution in [-0.2, 0) is 10.1 Å². The van der Waals surface area contributed by atoms with Gasteiger partial charge in [0.1, 0.15) is 0 Å². The van der Waals surface area contributed by atoms with E-state index in [0.29, 0.717) is 0 Å². The van der Waals surface area contributed by atoms with Gasteiger partial charge in [0, 0.05) is 0 Å². The number of hydrogen-bond acceptors (Lipinski definition) is 3. The summed E-state index contributed by atoms with van der Waals surface area (Å²) in [5.74, 6) is 0.0527. The second-order valence-electron chi connectivity index (χ2n) is 2.60. The summed E-state index contributed by atoms with van der Waals surface area (Å²) in [6.07, 6.45) is 0.0683. The highest BCUT2D eigenvalue weighted by Crippen LogP contribution is 2.08. The molecule has 0 unspecified atom stereocenters. The second kappa shape index (κ2) is 3.32. The topological polar surface area (TPSA) is 74.6 Å². The lowest BCUT2D eigenvalue weighted by atomic mass is 10.1. The van der Waals surface area contributed by atoms with E-state index in [1.54, 1.807) is 13.8 Å². The van der Waals surface area contributed by atoms with Crippen LogP contribution in [0, 0.1) is 5.92 Å². The van der Waals surface area contributed by atoms with Gasteiger partial charge in [-0.25, -0.2) is 0 Å². The zero-order chi connectivity index (χ0) is 8.36. The molecule has 1 atom stereocenters. The lowest BCUT2D eigenvalue weighted by Crippen LogP contribution is -2.21. The predicted molar refractivity (Wildman–Crippen MR) is 37.0 cm³/mol. The molecule has 4 nitrogen and oxygen atoms in total. The van der Waals surface area contributed by atoms with E-state index in [1.807, 2.05) is 0 Å². The first-order chi connectivity index (χ1) is 4.34. The third-order valence-electron chi connectivity index (χ3n) is 1.02. The lowest BCUT2D eigenvalue weighted by Gasteiger charge is -2.08. The van der Waals surface area contributed by atoms with Crippen LogP contribution in [0.3, 0.4) is 0 Å². The highest BCUT2D eigenvalue weighted by molar-refractivity contribution is 7.86. The van der Waals surface area contributed by atoms with Crippen molar-refractivity contribution >= 4 is 10.1 Å². The minimum absolute atomic E-state index is 0.0527. The average Bonchev–Trinajstić information content (AvgIpc) is 1.60. The molecule has 0 bridgehead atoms. The molecule has 5 heteroatoms. The second-order valence-corrected chi connectivity index (χ2v) is 4.17. The van der Waals surface area contributed by atoms with Crippen molar-refractivity contribution in [3.8, 4) is 0 Å². The molecule has 62 valence electrons. The molecule has 0 rings (SSSR count). The van der Waals surface area contributed by atoms with Crippen LogP contribution < -0.4 is 0 Å². The molecule has 0 heterocycles. The zero-order valence-electron chi connectivity index (χ0n) is 5.98. The van der Waals surface area contributed by atoms with E-state index in [2.05, 4.69) is 0 Å². The summed E-state index contributed by atoms with van der Waals surface area (Å²) in [4.78, 5) is 0. The van der Waals surface area contributed by atoms with Crippen LogP contribution in [0.5, 0.6) is 0 Å². The largest absolute Gasteiger partial charge is 0.375 e. The molecule has 2 N–H and O–H groups in total. The quantitative estimate of drug-likeness (QED) is 0.592. The van der Waals surface area contributed by atoms with Gasteiger partial charge in [-0.1, -0.05) is 13.8 Å². The Labute approximate surface area is 60.6 Å². The van der Waals surface area contributed by atoms with Crippen molar-refractivity contribution in [2.24, 2.45) is 5.92 Å². The Morgan fingerprint density at radius 3 is 1.90 bits per heavy atom. The van der Waals surface area contributed by atoms with Crippen molar-refractivity contribution in [2.45, 2.75) is 25.7 Å². The summed E-state index contributed by atoms with van der Waals surface area (Å²) in [5, 5.41) is 8.72. The van der Waals surface area contributed by atoms with Crippen LogP contribution in [0.25, 0.3) is 0 Å². The average molecular weight is 168 g/mol. The number of rotatable bonds is 3. The first-order valence-corrected chi connectivity index (χ1v) is 4.48. The van der Waals surface area contributed by atoms with Gasteiger partial charge in [-0.15, -0.1) is 0 Å². The maximum absolute atomic E-state index is 10.2. The van der Waals surface area contributed by atoms with Gasteiger partial charge in [0.05, 0.1) is 0 Å². The fraction of sp³-hybridized carbons (Fsp3) is 1.00. The lowest BCUT2D eigenvalue weighted by molar-refractivity contribution is 0.207. The highest BCUT2D eigenvalue weighted by atomic mass is 32.2. The molecular formula is C5H12O4S. The van der Waals surface area contributed by atoms with E-state index < -0.39 is 15.6 Å². The Morgan fingerprint density at radius 1 is 1.40 bits per heavy atom. The molecular weight excluding hydrogens is 156 g/mol. The van der Waals surface area contributed by atoms with Crippen LogP contribution in [0.1, 0.15) is 20.3 Å². The van der Waals surface area contributed by atoms with E-state index in [9.17, 15) is 8.42 Å². The van der Waals surface area contributed by atoms with Crippen molar-refractivity contribution in [1.29, 1.82) is 0 Å². The molecule has 0 spiro atoms. The van der Waals surface area contributed by atoms with E-state index in [1.165, 1.54) is 0 Å². The maximum Gasteiger partial charge on any atom is 0.291 e. The Bertz CT molecular complexity index is 182. The third kappa shape index (κ3) is 3.81. The highest BCUT2D eigenvalue weighted by Gasteiger charge is 2.19. The van der Waals surface area contributed by atoms with Crippen molar-refractivity contribution < 1.29 is 18.1 Å². The standard InChI is InChI=1S/C5H12O4S/c1-4(2)3-5(6)10(7,8)9/h4-6H,3H2,1-2H3,(H,7,8,9)/t5-/m1/s1. The molecule has 0 aliphatic heterocycles. The van der Waals surface area contributed by atoms with Gasteiger partial charge in [0.25, 0.3) is 10.1 Å². The van der Waals surface area contributed by atoms with Gasteiger partial charge >= 0.3 is 0 Å². The first kappa shape index (κ1) is 9.87. The summed E-state index contributed by atoms with van der Waals surface area (Å²) in [7, 11) is -4.24. The molecule has 0 amide bonds. The van der Waals surface area contributed by atoms with Crippen molar-refractivity contribution in [3.05, 3.63) is 0 Å². The first-order valence-electron chi connectivity index (χ1n) is 2.98. The van der Waals surface area contributed by atoms with Crippen molar-refractivity contribution in [1.82, 2.24) is 0 Å². The molecule has 0 saturated carbocycles. The minimum Gasteiger partial charge on any atom is -0.375 e. The summed E-state index contributed by atoms with van der Waals surface area (Å²) < 4.78 is 28.6. The molecule has 0 aliphatic carbocycles. The normalized spacial score (nSPS) is 15.7. The van der Waals surface area contributed by atoms with Crippen LogP contribution >= 0.6 is 0 Å². The predicted octanol–water partition coefficient (Wildman–Crippen LogP) is 0.239. The van der Waals surface area contributed by atoms with Gasteiger partial charge < -0.3 is 5.11 Å². The number of aliphatic hydroxyl groups is 1. The Kier molecular flexibility index (Phi) is 3.27. The molecule has 0 saturated heterocycles. The van der Waals surface area contributed by atoms with Crippen LogP contribution in [-0.4, -0.2) is 23.5 Å². The van der Waals surface area contributed by atoms with Gasteiger partial charge in [0.2, 0.25) is 0 Å². The minimum atomic E-state index is -4.24. The summed E-state index contributed by atoms with van der Waals surface area (Å²) in [6.45, 7) is 3.52. The molecule has 0 aliphatic rings. The van der Waals surface area contributed by atoms with Gasteiger partial charge in [-0.2, -0.15) is 8.42 Å². The van der Waals surface area contributed by atoms with Gasteiger partial charge in [0.15, 0.2) is 5.44 Å². The summed E-state index contributed by atoms with van der Waals surface area (Å²) in [5.41, 5.74) is -1.63. The molecule has 0 aromatic heterocycles. The zero-order valence-corrected chi connectivity index (χ0v) is 6.80. The van der Waals surface area contributed by atoms with Crippen molar-refractivity contribution in [3.63, 3.8) is 0 Å². The van der Waals surface area contributed by atoms with Crippen LogP contribution in [0.2, 0.25) is 0 Å². The fourth-order valence-corrected chi connectivity index (χ4v) is 1.15.